The molecule has 0 saturated heterocycles. The first-order valence-electron chi connectivity index (χ1n) is 10.4. The molecule has 0 aliphatic heterocycles. The number of amides is 1. The maximum absolute atomic E-state index is 13.2. The number of hydrogen-bond acceptors (Lipinski definition) is 3. The van der Waals surface area contributed by atoms with Crippen molar-refractivity contribution >= 4 is 11.6 Å². The van der Waals surface area contributed by atoms with Gasteiger partial charge in [-0.15, -0.1) is 0 Å². The fourth-order valence-corrected chi connectivity index (χ4v) is 4.29. The van der Waals surface area contributed by atoms with E-state index in [1.165, 1.54) is 12.0 Å². The van der Waals surface area contributed by atoms with Crippen LogP contribution < -0.4 is 10.2 Å². The van der Waals surface area contributed by atoms with Gasteiger partial charge in [0.1, 0.15) is 5.75 Å². The number of phenols is 1. The summed E-state index contributed by atoms with van der Waals surface area (Å²) in [6.45, 7) is 1.40. The standard InChI is InChI=1S/C24H32N2O2/c1-26(21-13-8-14-22(27)18-21)19-24(15-6-3-7-16-24)23(28)25-17-9-12-20-10-4-2-5-11-20/h2,4-5,8,10-11,13-14,18,27H,3,6-7,9,12,15-17,19H2,1H3,(H,25,28). The zero-order chi connectivity index (χ0) is 19.8. The second-order valence-electron chi connectivity index (χ2n) is 8.06. The Bertz CT molecular complexity index is 754. The van der Waals surface area contributed by atoms with Crippen LogP contribution in [-0.4, -0.2) is 31.2 Å². The topological polar surface area (TPSA) is 52.6 Å². The summed E-state index contributed by atoms with van der Waals surface area (Å²) in [7, 11) is 2.01. The number of carbonyl (C=O) groups excluding carboxylic acids is 1. The molecule has 1 saturated carbocycles. The van der Waals surface area contributed by atoms with Gasteiger partial charge in [-0.25, -0.2) is 0 Å². The highest BCUT2D eigenvalue weighted by atomic mass is 16.3. The Labute approximate surface area is 168 Å². The van der Waals surface area contributed by atoms with Crippen molar-refractivity contribution in [2.75, 3.05) is 25.0 Å². The van der Waals surface area contributed by atoms with Gasteiger partial charge in [0.05, 0.1) is 5.41 Å². The first kappa shape index (κ1) is 20.2. The van der Waals surface area contributed by atoms with E-state index in [0.29, 0.717) is 13.1 Å². The average molecular weight is 381 g/mol. The molecular formula is C24H32N2O2. The molecule has 1 aliphatic rings. The monoisotopic (exact) mass is 380 g/mol. The average Bonchev–Trinajstić information content (AvgIpc) is 2.72. The minimum Gasteiger partial charge on any atom is -0.508 e. The minimum absolute atomic E-state index is 0.187. The Morgan fingerprint density at radius 2 is 1.82 bits per heavy atom. The second-order valence-corrected chi connectivity index (χ2v) is 8.06. The van der Waals surface area contributed by atoms with E-state index in [9.17, 15) is 9.90 Å². The van der Waals surface area contributed by atoms with Crippen LogP contribution in [0.2, 0.25) is 0 Å². The van der Waals surface area contributed by atoms with Gasteiger partial charge in [-0.1, -0.05) is 55.7 Å². The van der Waals surface area contributed by atoms with Crippen molar-refractivity contribution in [3.63, 3.8) is 0 Å². The fraction of sp³-hybridized carbons (Fsp3) is 0.458. The van der Waals surface area contributed by atoms with Crippen molar-refractivity contribution in [1.82, 2.24) is 5.32 Å². The highest BCUT2D eigenvalue weighted by Gasteiger charge is 2.40. The van der Waals surface area contributed by atoms with Gasteiger partial charge in [0.2, 0.25) is 5.91 Å². The maximum atomic E-state index is 13.2. The summed E-state index contributed by atoms with van der Waals surface area (Å²) in [5, 5.41) is 13.0. The van der Waals surface area contributed by atoms with Crippen molar-refractivity contribution in [2.45, 2.75) is 44.9 Å². The number of rotatable bonds is 8. The van der Waals surface area contributed by atoms with E-state index in [-0.39, 0.29) is 17.1 Å². The van der Waals surface area contributed by atoms with E-state index < -0.39 is 0 Å². The molecule has 0 unspecified atom stereocenters. The first-order valence-corrected chi connectivity index (χ1v) is 10.4. The van der Waals surface area contributed by atoms with E-state index in [1.54, 1.807) is 12.1 Å². The molecule has 4 heteroatoms. The Morgan fingerprint density at radius 1 is 1.07 bits per heavy atom. The molecule has 0 aromatic heterocycles. The summed E-state index contributed by atoms with van der Waals surface area (Å²) in [5.74, 6) is 0.444. The lowest BCUT2D eigenvalue weighted by Gasteiger charge is -2.39. The first-order chi connectivity index (χ1) is 13.6. The van der Waals surface area contributed by atoms with Crippen LogP contribution in [0.5, 0.6) is 5.75 Å². The summed E-state index contributed by atoms with van der Waals surface area (Å²) >= 11 is 0. The van der Waals surface area contributed by atoms with E-state index in [2.05, 4.69) is 34.5 Å². The third kappa shape index (κ3) is 5.28. The molecule has 1 aliphatic carbocycles. The predicted octanol–water partition coefficient (Wildman–Crippen LogP) is 4.53. The van der Waals surface area contributed by atoms with Gasteiger partial charge in [0.15, 0.2) is 0 Å². The molecular weight excluding hydrogens is 348 g/mol. The van der Waals surface area contributed by atoms with Gasteiger partial charge in [0.25, 0.3) is 0 Å². The van der Waals surface area contributed by atoms with E-state index in [1.807, 2.05) is 25.2 Å². The highest BCUT2D eigenvalue weighted by molar-refractivity contribution is 5.83. The van der Waals surface area contributed by atoms with Crippen molar-refractivity contribution in [3.8, 4) is 5.75 Å². The lowest BCUT2D eigenvalue weighted by atomic mass is 9.72. The lowest BCUT2D eigenvalue weighted by Crippen LogP contribution is -2.49. The zero-order valence-electron chi connectivity index (χ0n) is 16.9. The predicted molar refractivity (Wildman–Crippen MR) is 115 cm³/mol. The number of aromatic hydroxyl groups is 1. The Kier molecular flexibility index (Phi) is 6.96. The molecule has 3 rings (SSSR count). The second kappa shape index (κ2) is 9.63. The van der Waals surface area contributed by atoms with E-state index >= 15 is 0 Å². The van der Waals surface area contributed by atoms with Crippen molar-refractivity contribution in [3.05, 3.63) is 60.2 Å². The molecule has 2 aromatic carbocycles. The molecule has 150 valence electrons. The quantitative estimate of drug-likeness (QED) is 0.662. The number of nitrogens with zero attached hydrogens (tertiary/aromatic N) is 1. The van der Waals surface area contributed by atoms with Crippen LogP contribution in [0.3, 0.4) is 0 Å². The maximum Gasteiger partial charge on any atom is 0.228 e. The molecule has 0 bridgehead atoms. The number of anilines is 1. The number of nitrogens with one attached hydrogen (secondary N) is 1. The van der Waals surface area contributed by atoms with Gasteiger partial charge < -0.3 is 15.3 Å². The molecule has 0 heterocycles. The fourth-order valence-electron chi connectivity index (χ4n) is 4.29. The number of carbonyl (C=O) groups is 1. The molecule has 4 nitrogen and oxygen atoms in total. The van der Waals surface area contributed by atoms with E-state index in [4.69, 9.17) is 0 Å². The van der Waals surface area contributed by atoms with Crippen LogP contribution in [-0.2, 0) is 11.2 Å². The highest BCUT2D eigenvalue weighted by Crippen LogP contribution is 2.38. The summed E-state index contributed by atoms with van der Waals surface area (Å²) < 4.78 is 0. The van der Waals surface area contributed by atoms with Crippen molar-refractivity contribution < 1.29 is 9.90 Å². The largest absolute Gasteiger partial charge is 0.508 e. The SMILES string of the molecule is CN(CC1(C(=O)NCCCc2ccccc2)CCCCC1)c1cccc(O)c1. The van der Waals surface area contributed by atoms with Gasteiger partial charge in [-0.3, -0.25) is 4.79 Å². The Morgan fingerprint density at radius 3 is 2.54 bits per heavy atom. The van der Waals surface area contributed by atoms with Crippen LogP contribution in [0.4, 0.5) is 5.69 Å². The summed E-state index contributed by atoms with van der Waals surface area (Å²) in [4.78, 5) is 15.3. The van der Waals surface area contributed by atoms with Crippen LogP contribution >= 0.6 is 0 Å². The molecule has 0 spiro atoms. The van der Waals surface area contributed by atoms with Crippen LogP contribution in [0.1, 0.15) is 44.1 Å². The van der Waals surface area contributed by atoms with Crippen LogP contribution in [0.25, 0.3) is 0 Å². The summed E-state index contributed by atoms with van der Waals surface area (Å²) in [6, 6.07) is 17.7. The number of hydrogen-bond donors (Lipinski definition) is 2. The molecule has 0 atom stereocenters. The molecule has 2 aromatic rings. The molecule has 2 N–H and O–H groups in total. The van der Waals surface area contributed by atoms with Crippen LogP contribution in [0.15, 0.2) is 54.6 Å². The minimum atomic E-state index is -0.342. The van der Waals surface area contributed by atoms with Crippen molar-refractivity contribution in [1.29, 1.82) is 0 Å². The third-order valence-electron chi connectivity index (χ3n) is 5.87. The van der Waals surface area contributed by atoms with Crippen LogP contribution in [0, 0.1) is 5.41 Å². The normalized spacial score (nSPS) is 15.8. The zero-order valence-corrected chi connectivity index (χ0v) is 16.9. The summed E-state index contributed by atoms with van der Waals surface area (Å²) in [5.41, 5.74) is 1.92. The van der Waals surface area contributed by atoms with Gasteiger partial charge in [-0.2, -0.15) is 0 Å². The van der Waals surface area contributed by atoms with Gasteiger partial charge in [-0.05, 0) is 43.4 Å². The molecule has 1 amide bonds. The number of aryl methyl sites for hydroxylation is 1. The lowest BCUT2D eigenvalue weighted by molar-refractivity contribution is -0.132. The molecule has 1 fully saturated rings. The third-order valence-corrected chi connectivity index (χ3v) is 5.87. The smallest absolute Gasteiger partial charge is 0.228 e. The Balaban J connectivity index is 1.59. The number of phenolic OH excluding ortho intramolecular Hbond substituents is 1. The number of benzene rings is 2. The molecule has 0 radical (unpaired) electrons. The van der Waals surface area contributed by atoms with Gasteiger partial charge >= 0.3 is 0 Å². The van der Waals surface area contributed by atoms with Gasteiger partial charge in [0, 0.05) is 31.9 Å². The molecule has 28 heavy (non-hydrogen) atoms. The van der Waals surface area contributed by atoms with E-state index in [0.717, 1.165) is 44.2 Å². The Hall–Kier alpha value is -2.49. The van der Waals surface area contributed by atoms with Crippen molar-refractivity contribution in [2.24, 2.45) is 5.41 Å². The summed E-state index contributed by atoms with van der Waals surface area (Å²) in [6.07, 6.45) is 7.21.